The van der Waals surface area contributed by atoms with Gasteiger partial charge in [-0.25, -0.2) is 0 Å². The minimum atomic E-state index is 0.388. The third kappa shape index (κ3) is 3.32. The fourth-order valence-electron chi connectivity index (χ4n) is 2.97. The molecule has 0 atom stereocenters. The Labute approximate surface area is 111 Å². The van der Waals surface area contributed by atoms with Crippen molar-refractivity contribution < 1.29 is 0 Å². The third-order valence-electron chi connectivity index (χ3n) is 4.79. The maximum Gasteiger partial charge on any atom is 0.0270 e. The molecule has 1 heterocycles. The zero-order valence-electron chi connectivity index (χ0n) is 11.8. The van der Waals surface area contributed by atoms with Crippen molar-refractivity contribution >= 4 is 0 Å². The molecule has 0 bridgehead atoms. The fraction of sp³-hybridized carbons (Fsp3) is 0.688. The van der Waals surface area contributed by atoms with Gasteiger partial charge in [0.25, 0.3) is 0 Å². The lowest BCUT2D eigenvalue weighted by Gasteiger charge is -2.43. The van der Waals surface area contributed by atoms with E-state index in [2.05, 4.69) is 31.0 Å². The normalized spacial score (nSPS) is 21.7. The summed E-state index contributed by atoms with van der Waals surface area (Å²) in [4.78, 5) is 4.07. The van der Waals surface area contributed by atoms with E-state index in [1.54, 1.807) is 0 Å². The van der Waals surface area contributed by atoms with E-state index in [1.807, 2.05) is 12.4 Å². The SMILES string of the molecule is CC1(C)CCC(CN)(CCc2ccncc2)CC1. The zero-order valence-corrected chi connectivity index (χ0v) is 11.8. The first-order chi connectivity index (χ1) is 8.55. The van der Waals surface area contributed by atoms with Gasteiger partial charge in [0.1, 0.15) is 0 Å². The Bertz CT molecular complexity index is 360. The van der Waals surface area contributed by atoms with Gasteiger partial charge in [-0.2, -0.15) is 0 Å². The van der Waals surface area contributed by atoms with Crippen molar-refractivity contribution in [3.8, 4) is 0 Å². The van der Waals surface area contributed by atoms with Crippen LogP contribution in [0.2, 0.25) is 0 Å². The van der Waals surface area contributed by atoms with E-state index < -0.39 is 0 Å². The molecule has 0 saturated heterocycles. The monoisotopic (exact) mass is 246 g/mol. The molecular weight excluding hydrogens is 220 g/mol. The molecule has 2 nitrogen and oxygen atoms in total. The lowest BCUT2D eigenvalue weighted by molar-refractivity contribution is 0.0997. The van der Waals surface area contributed by atoms with Crippen LogP contribution in [0, 0.1) is 10.8 Å². The second kappa shape index (κ2) is 5.40. The van der Waals surface area contributed by atoms with Gasteiger partial charge in [0.2, 0.25) is 0 Å². The summed E-state index contributed by atoms with van der Waals surface area (Å²) in [6.45, 7) is 5.61. The zero-order chi connectivity index (χ0) is 13.1. The highest BCUT2D eigenvalue weighted by molar-refractivity contribution is 5.10. The summed E-state index contributed by atoms with van der Waals surface area (Å²) >= 11 is 0. The Hall–Kier alpha value is -0.890. The molecule has 0 unspecified atom stereocenters. The Balaban J connectivity index is 1.94. The topological polar surface area (TPSA) is 38.9 Å². The number of nitrogens with zero attached hydrogens (tertiary/aromatic N) is 1. The van der Waals surface area contributed by atoms with Crippen molar-refractivity contribution in [2.75, 3.05) is 6.54 Å². The average Bonchev–Trinajstić information content (AvgIpc) is 2.40. The van der Waals surface area contributed by atoms with Gasteiger partial charge in [0.15, 0.2) is 0 Å². The van der Waals surface area contributed by atoms with Crippen molar-refractivity contribution in [2.45, 2.75) is 52.4 Å². The van der Waals surface area contributed by atoms with Gasteiger partial charge in [-0.15, -0.1) is 0 Å². The summed E-state index contributed by atoms with van der Waals surface area (Å²) < 4.78 is 0. The molecule has 1 aliphatic rings. The lowest BCUT2D eigenvalue weighted by atomic mass is 9.63. The molecule has 1 fully saturated rings. The van der Waals surface area contributed by atoms with Crippen LogP contribution < -0.4 is 5.73 Å². The van der Waals surface area contributed by atoms with Gasteiger partial charge in [-0.3, -0.25) is 4.98 Å². The van der Waals surface area contributed by atoms with Crippen LogP contribution in [-0.2, 0) is 6.42 Å². The molecule has 1 aliphatic carbocycles. The lowest BCUT2D eigenvalue weighted by Crippen LogP contribution is -2.37. The van der Waals surface area contributed by atoms with E-state index in [1.165, 1.54) is 37.7 Å². The molecule has 1 aromatic rings. The third-order valence-corrected chi connectivity index (χ3v) is 4.79. The molecule has 0 spiro atoms. The predicted octanol–water partition coefficient (Wildman–Crippen LogP) is 3.56. The van der Waals surface area contributed by atoms with Crippen molar-refractivity contribution in [3.63, 3.8) is 0 Å². The largest absolute Gasteiger partial charge is 0.330 e. The van der Waals surface area contributed by atoms with Gasteiger partial charge in [0, 0.05) is 12.4 Å². The van der Waals surface area contributed by atoms with Gasteiger partial charge < -0.3 is 5.73 Å². The Morgan fingerprint density at radius 1 is 1.11 bits per heavy atom. The Morgan fingerprint density at radius 3 is 2.28 bits per heavy atom. The number of pyridine rings is 1. The first-order valence-corrected chi connectivity index (χ1v) is 7.14. The summed E-state index contributed by atoms with van der Waals surface area (Å²) in [7, 11) is 0. The maximum absolute atomic E-state index is 6.08. The van der Waals surface area contributed by atoms with Crippen LogP contribution in [0.25, 0.3) is 0 Å². The minimum Gasteiger partial charge on any atom is -0.330 e. The van der Waals surface area contributed by atoms with Crippen molar-refractivity contribution in [2.24, 2.45) is 16.6 Å². The van der Waals surface area contributed by atoms with Crippen molar-refractivity contribution in [1.29, 1.82) is 0 Å². The summed E-state index contributed by atoms with van der Waals surface area (Å²) in [6, 6.07) is 4.24. The molecule has 2 heteroatoms. The van der Waals surface area contributed by atoms with Gasteiger partial charge in [-0.1, -0.05) is 13.8 Å². The molecule has 0 amide bonds. The number of hydrogen-bond acceptors (Lipinski definition) is 2. The molecular formula is C16H26N2. The van der Waals surface area contributed by atoms with E-state index in [4.69, 9.17) is 5.73 Å². The molecule has 100 valence electrons. The molecule has 1 saturated carbocycles. The van der Waals surface area contributed by atoms with E-state index in [-0.39, 0.29) is 0 Å². The van der Waals surface area contributed by atoms with Crippen LogP contribution in [0.4, 0.5) is 0 Å². The molecule has 18 heavy (non-hydrogen) atoms. The Morgan fingerprint density at radius 2 is 1.72 bits per heavy atom. The molecule has 0 aromatic carbocycles. The number of aromatic nitrogens is 1. The number of aryl methyl sites for hydroxylation is 1. The molecule has 2 N–H and O–H groups in total. The quantitative estimate of drug-likeness (QED) is 0.882. The fourth-order valence-corrected chi connectivity index (χ4v) is 2.97. The van der Waals surface area contributed by atoms with Crippen LogP contribution in [0.3, 0.4) is 0 Å². The van der Waals surface area contributed by atoms with E-state index in [9.17, 15) is 0 Å². The number of rotatable bonds is 4. The Kier molecular flexibility index (Phi) is 4.06. The van der Waals surface area contributed by atoms with Gasteiger partial charge in [0.05, 0.1) is 0 Å². The van der Waals surface area contributed by atoms with Crippen LogP contribution in [0.5, 0.6) is 0 Å². The highest BCUT2D eigenvalue weighted by Gasteiger charge is 2.36. The number of hydrogen-bond donors (Lipinski definition) is 1. The van der Waals surface area contributed by atoms with E-state index >= 15 is 0 Å². The second-order valence-electron chi connectivity index (χ2n) is 6.72. The molecule has 0 radical (unpaired) electrons. The first kappa shape index (κ1) is 13.5. The first-order valence-electron chi connectivity index (χ1n) is 7.14. The number of nitrogens with two attached hydrogens (primary N) is 1. The standard InChI is InChI=1S/C16H26N2/c1-15(2)7-9-16(13-17,10-8-15)6-3-14-4-11-18-12-5-14/h4-5,11-12H,3,6-10,13,17H2,1-2H3. The summed E-state index contributed by atoms with van der Waals surface area (Å²) in [6.07, 6.45) is 11.4. The van der Waals surface area contributed by atoms with E-state index in [0.717, 1.165) is 13.0 Å². The minimum absolute atomic E-state index is 0.388. The van der Waals surface area contributed by atoms with Gasteiger partial charge >= 0.3 is 0 Å². The molecule has 1 aromatic heterocycles. The van der Waals surface area contributed by atoms with Crippen LogP contribution >= 0.6 is 0 Å². The van der Waals surface area contributed by atoms with E-state index in [0.29, 0.717) is 10.8 Å². The summed E-state index contributed by atoms with van der Waals surface area (Å²) in [5.74, 6) is 0. The van der Waals surface area contributed by atoms with Crippen molar-refractivity contribution in [1.82, 2.24) is 4.98 Å². The highest BCUT2D eigenvalue weighted by Crippen LogP contribution is 2.46. The summed E-state index contributed by atoms with van der Waals surface area (Å²) in [5, 5.41) is 0. The average molecular weight is 246 g/mol. The molecule has 0 aliphatic heterocycles. The summed E-state index contributed by atoms with van der Waals surface area (Å²) in [5.41, 5.74) is 8.38. The maximum atomic E-state index is 6.08. The van der Waals surface area contributed by atoms with Crippen LogP contribution in [-0.4, -0.2) is 11.5 Å². The molecule has 2 rings (SSSR count). The highest BCUT2D eigenvalue weighted by atomic mass is 14.6. The van der Waals surface area contributed by atoms with Crippen LogP contribution in [0.15, 0.2) is 24.5 Å². The second-order valence-corrected chi connectivity index (χ2v) is 6.72. The van der Waals surface area contributed by atoms with Gasteiger partial charge in [-0.05, 0) is 73.6 Å². The smallest absolute Gasteiger partial charge is 0.0270 e. The van der Waals surface area contributed by atoms with Crippen molar-refractivity contribution in [3.05, 3.63) is 30.1 Å². The predicted molar refractivity (Wildman–Crippen MR) is 76.3 cm³/mol. The van der Waals surface area contributed by atoms with Crippen LogP contribution in [0.1, 0.15) is 51.5 Å².